The van der Waals surface area contributed by atoms with Gasteiger partial charge in [0, 0.05) is 23.9 Å². The van der Waals surface area contributed by atoms with E-state index in [0.29, 0.717) is 18.5 Å². The Labute approximate surface area is 196 Å². The van der Waals surface area contributed by atoms with Gasteiger partial charge in [-0.25, -0.2) is 8.42 Å². The summed E-state index contributed by atoms with van der Waals surface area (Å²) in [5, 5.41) is 5.66. The zero-order valence-corrected chi connectivity index (χ0v) is 19.4. The highest BCUT2D eigenvalue weighted by atomic mass is 35.5. The number of carbonyl (C=O) groups is 2. The number of aryl methyl sites for hydroxylation is 1. The zero-order valence-electron chi connectivity index (χ0n) is 17.1. The minimum absolute atomic E-state index is 0.109. The largest absolute Gasteiger partial charge is 0.326 e. The van der Waals surface area contributed by atoms with E-state index in [1.807, 2.05) is 30.3 Å². The van der Waals surface area contributed by atoms with Crippen molar-refractivity contribution in [1.82, 2.24) is 0 Å². The van der Waals surface area contributed by atoms with Gasteiger partial charge in [-0.1, -0.05) is 53.5 Å². The molecule has 9 heteroatoms. The lowest BCUT2D eigenvalue weighted by Crippen LogP contribution is -2.14. The van der Waals surface area contributed by atoms with Crippen LogP contribution in [-0.2, 0) is 21.1 Å². The lowest BCUT2D eigenvalue weighted by atomic mass is 10.1. The van der Waals surface area contributed by atoms with Gasteiger partial charge in [0.25, 0.3) is 5.91 Å². The van der Waals surface area contributed by atoms with Crippen LogP contribution in [0.5, 0.6) is 0 Å². The third-order valence-electron chi connectivity index (χ3n) is 4.59. The number of halogens is 2. The number of hydrogen-bond donors (Lipinski definition) is 2. The van der Waals surface area contributed by atoms with Crippen molar-refractivity contribution in [2.24, 2.45) is 0 Å². The number of amides is 2. The summed E-state index contributed by atoms with van der Waals surface area (Å²) in [4.78, 5) is 24.9. The van der Waals surface area contributed by atoms with Crippen molar-refractivity contribution in [3.63, 3.8) is 0 Å². The molecule has 3 aromatic rings. The summed E-state index contributed by atoms with van der Waals surface area (Å²) in [6, 6.07) is 18.1. The molecule has 32 heavy (non-hydrogen) atoms. The fourth-order valence-electron chi connectivity index (χ4n) is 2.93. The third kappa shape index (κ3) is 6.32. The summed E-state index contributed by atoms with van der Waals surface area (Å²) >= 11 is 12.6. The molecular formula is C23H20Cl2N2O4S. The van der Waals surface area contributed by atoms with E-state index in [-0.39, 0.29) is 32.1 Å². The highest BCUT2D eigenvalue weighted by Gasteiger charge is 2.15. The number of anilines is 2. The Kier molecular flexibility index (Phi) is 7.56. The van der Waals surface area contributed by atoms with Gasteiger partial charge >= 0.3 is 0 Å². The minimum Gasteiger partial charge on any atom is -0.326 e. The van der Waals surface area contributed by atoms with E-state index in [4.69, 9.17) is 23.2 Å². The van der Waals surface area contributed by atoms with Gasteiger partial charge in [0.05, 0.1) is 20.6 Å². The highest BCUT2D eigenvalue weighted by Crippen LogP contribution is 2.34. The molecule has 3 rings (SSSR count). The maximum atomic E-state index is 12.5. The minimum atomic E-state index is -3.36. The Bertz CT molecular complexity index is 1220. The van der Waals surface area contributed by atoms with Crippen molar-refractivity contribution in [3.8, 4) is 0 Å². The number of rotatable bonds is 7. The van der Waals surface area contributed by atoms with E-state index in [9.17, 15) is 18.0 Å². The molecule has 2 N–H and O–H groups in total. The number of hydrogen-bond acceptors (Lipinski definition) is 4. The molecule has 0 bridgehead atoms. The molecule has 0 fully saturated rings. The van der Waals surface area contributed by atoms with Crippen LogP contribution in [0.3, 0.4) is 0 Å². The molecule has 2 amide bonds. The maximum Gasteiger partial charge on any atom is 0.255 e. The first-order valence-corrected chi connectivity index (χ1v) is 12.2. The molecule has 0 aliphatic carbocycles. The molecule has 0 aliphatic rings. The smallest absolute Gasteiger partial charge is 0.255 e. The quantitative estimate of drug-likeness (QED) is 0.474. The first kappa shape index (κ1) is 23.8. The SMILES string of the molecule is CS(=O)(=O)c1ccc(C(=O)Nc2c(Cl)cc(NC(=O)CCc3ccccc3)cc2Cl)cc1. The molecule has 0 radical (unpaired) electrons. The fourth-order valence-corrected chi connectivity index (χ4v) is 4.14. The van der Waals surface area contributed by atoms with Crippen molar-refractivity contribution in [2.75, 3.05) is 16.9 Å². The molecule has 0 aromatic heterocycles. The Morgan fingerprint density at radius 1 is 0.875 bits per heavy atom. The summed E-state index contributed by atoms with van der Waals surface area (Å²) in [6.45, 7) is 0. The van der Waals surface area contributed by atoms with Crippen LogP contribution in [0.25, 0.3) is 0 Å². The summed E-state index contributed by atoms with van der Waals surface area (Å²) < 4.78 is 23.1. The molecular weight excluding hydrogens is 471 g/mol. The van der Waals surface area contributed by atoms with Gasteiger partial charge in [-0.15, -0.1) is 0 Å². The second-order valence-electron chi connectivity index (χ2n) is 7.10. The lowest BCUT2D eigenvalue weighted by molar-refractivity contribution is -0.116. The number of sulfone groups is 1. The summed E-state index contributed by atoms with van der Waals surface area (Å²) in [5.74, 6) is -0.697. The van der Waals surface area contributed by atoms with Crippen LogP contribution in [0.1, 0.15) is 22.3 Å². The van der Waals surface area contributed by atoms with Crippen molar-refractivity contribution >= 4 is 56.2 Å². The number of nitrogens with one attached hydrogen (secondary N) is 2. The van der Waals surface area contributed by atoms with Crippen molar-refractivity contribution in [2.45, 2.75) is 17.7 Å². The van der Waals surface area contributed by atoms with Crippen molar-refractivity contribution in [3.05, 3.63) is 87.9 Å². The molecule has 0 spiro atoms. The van der Waals surface area contributed by atoms with E-state index in [2.05, 4.69) is 10.6 Å². The first-order chi connectivity index (χ1) is 15.1. The van der Waals surface area contributed by atoms with E-state index in [1.165, 1.54) is 36.4 Å². The predicted octanol–water partition coefficient (Wildman–Crippen LogP) is 5.22. The molecule has 0 aliphatic heterocycles. The molecule has 6 nitrogen and oxygen atoms in total. The van der Waals surface area contributed by atoms with E-state index >= 15 is 0 Å². The topological polar surface area (TPSA) is 92.3 Å². The number of carbonyl (C=O) groups excluding carboxylic acids is 2. The normalized spacial score (nSPS) is 11.1. The van der Waals surface area contributed by atoms with Gasteiger partial charge in [0.1, 0.15) is 0 Å². The standard InChI is InChI=1S/C23H20Cl2N2O4S/c1-32(30,31)18-10-8-16(9-11-18)23(29)27-22-19(24)13-17(14-20(22)25)26-21(28)12-7-15-5-3-2-4-6-15/h2-6,8-11,13-14H,7,12H2,1H3,(H,26,28)(H,27,29). The van der Waals surface area contributed by atoms with E-state index < -0.39 is 15.7 Å². The van der Waals surface area contributed by atoms with Crippen molar-refractivity contribution in [1.29, 1.82) is 0 Å². The van der Waals surface area contributed by atoms with Crippen LogP contribution >= 0.6 is 23.2 Å². The average Bonchev–Trinajstić information content (AvgIpc) is 2.75. The molecule has 0 unspecified atom stereocenters. The van der Waals surface area contributed by atoms with E-state index in [0.717, 1.165) is 11.8 Å². The molecule has 0 saturated carbocycles. The second-order valence-corrected chi connectivity index (χ2v) is 9.93. The molecule has 0 heterocycles. The Morgan fingerprint density at radius 2 is 1.47 bits per heavy atom. The third-order valence-corrected chi connectivity index (χ3v) is 6.32. The maximum absolute atomic E-state index is 12.5. The summed E-state index contributed by atoms with van der Waals surface area (Å²) in [7, 11) is -3.36. The zero-order chi connectivity index (χ0) is 23.3. The van der Waals surface area contributed by atoms with Crippen LogP contribution in [-0.4, -0.2) is 26.5 Å². The van der Waals surface area contributed by atoms with E-state index in [1.54, 1.807) is 0 Å². The van der Waals surface area contributed by atoms with Crippen LogP contribution in [0.15, 0.2) is 71.6 Å². The van der Waals surface area contributed by atoms with Gasteiger partial charge in [-0.05, 0) is 48.4 Å². The Balaban J connectivity index is 1.66. The van der Waals surface area contributed by atoms with Crippen LogP contribution in [0, 0.1) is 0 Å². The summed E-state index contributed by atoms with van der Waals surface area (Å²) in [6.07, 6.45) is 1.98. The van der Waals surface area contributed by atoms with Gasteiger partial charge in [0.2, 0.25) is 5.91 Å². The lowest BCUT2D eigenvalue weighted by Gasteiger charge is -2.13. The molecule has 0 saturated heterocycles. The van der Waals surface area contributed by atoms with Gasteiger partial charge in [-0.2, -0.15) is 0 Å². The average molecular weight is 491 g/mol. The first-order valence-electron chi connectivity index (χ1n) is 9.58. The fraction of sp³-hybridized carbons (Fsp3) is 0.130. The van der Waals surface area contributed by atoms with Gasteiger partial charge in [0.15, 0.2) is 9.84 Å². The number of benzene rings is 3. The van der Waals surface area contributed by atoms with Gasteiger partial charge < -0.3 is 10.6 Å². The predicted molar refractivity (Wildman–Crippen MR) is 127 cm³/mol. The Hall–Kier alpha value is -2.87. The van der Waals surface area contributed by atoms with Crippen LogP contribution < -0.4 is 10.6 Å². The summed E-state index contributed by atoms with van der Waals surface area (Å²) in [5.41, 5.74) is 1.89. The van der Waals surface area contributed by atoms with Gasteiger partial charge in [-0.3, -0.25) is 9.59 Å². The Morgan fingerprint density at radius 3 is 2.03 bits per heavy atom. The second kappa shape index (κ2) is 10.2. The van der Waals surface area contributed by atoms with Crippen molar-refractivity contribution < 1.29 is 18.0 Å². The molecule has 3 aromatic carbocycles. The molecule has 0 atom stereocenters. The monoisotopic (exact) mass is 490 g/mol. The van der Waals surface area contributed by atoms with Crippen LogP contribution in [0.4, 0.5) is 11.4 Å². The molecule has 166 valence electrons. The highest BCUT2D eigenvalue weighted by molar-refractivity contribution is 7.90. The van der Waals surface area contributed by atoms with Crippen LogP contribution in [0.2, 0.25) is 10.0 Å².